The molecule has 0 saturated heterocycles. The van der Waals surface area contributed by atoms with Crippen molar-refractivity contribution in [2.75, 3.05) is 0 Å². The molecule has 0 spiro atoms. The van der Waals surface area contributed by atoms with E-state index < -0.39 is 0 Å². The quantitative estimate of drug-likeness (QED) is 0.658. The largest absolute Gasteiger partial charge is 0.328 e. The molecule has 0 aromatic heterocycles. The minimum atomic E-state index is 0.384. The Morgan fingerprint density at radius 3 is 1.09 bits per heavy atom. The Labute approximate surface area is 72.4 Å². The molecule has 0 heterocycles. The molecule has 0 aliphatic heterocycles. The van der Waals surface area contributed by atoms with Crippen LogP contribution >= 0.6 is 0 Å². The lowest BCUT2D eigenvalue weighted by Crippen LogP contribution is -2.11. The number of hydrogen-bond acceptors (Lipinski definition) is 1. The van der Waals surface area contributed by atoms with Gasteiger partial charge in [-0.2, -0.15) is 0 Å². The molecule has 0 rings (SSSR count). The van der Waals surface area contributed by atoms with Crippen molar-refractivity contribution in [3.05, 3.63) is 0 Å². The number of nitrogens with two attached hydrogens (primary N) is 1. The molecule has 1 unspecified atom stereocenters. The van der Waals surface area contributed by atoms with Crippen LogP contribution in [-0.4, -0.2) is 6.04 Å². The fraction of sp³-hybridized carbons (Fsp3) is 1.00. The van der Waals surface area contributed by atoms with Gasteiger partial charge in [-0.15, -0.1) is 0 Å². The Morgan fingerprint density at radius 1 is 0.909 bits per heavy atom. The van der Waals surface area contributed by atoms with Gasteiger partial charge in [0.15, 0.2) is 0 Å². The summed E-state index contributed by atoms with van der Waals surface area (Å²) in [6, 6.07) is 0.384. The fourth-order valence-electron chi connectivity index (χ4n) is 0. The first-order valence-corrected chi connectivity index (χ1v) is 4.67. The van der Waals surface area contributed by atoms with Gasteiger partial charge in [0.25, 0.3) is 0 Å². The lowest BCUT2D eigenvalue weighted by atomic mass is 10.0. The molecule has 0 fully saturated rings. The molecule has 0 aromatic rings. The van der Waals surface area contributed by atoms with Gasteiger partial charge in [0.2, 0.25) is 0 Å². The molecule has 1 heteroatoms. The zero-order valence-electron chi connectivity index (χ0n) is 9.02. The highest BCUT2D eigenvalue weighted by molar-refractivity contribution is 4.46. The summed E-state index contributed by atoms with van der Waals surface area (Å²) in [4.78, 5) is 0. The van der Waals surface area contributed by atoms with Crippen molar-refractivity contribution in [3.63, 3.8) is 0 Å². The van der Waals surface area contributed by atoms with E-state index in [0.29, 0.717) is 6.04 Å². The third-order valence-corrected chi connectivity index (χ3v) is 1.98. The molecular formula is C10H25N. The SMILES string of the molecule is CC(C)C(C)C.CCC(C)N. The van der Waals surface area contributed by atoms with E-state index in [9.17, 15) is 0 Å². The molecule has 1 nitrogen and oxygen atoms in total. The highest BCUT2D eigenvalue weighted by Gasteiger charge is 1.95. The number of rotatable bonds is 2. The van der Waals surface area contributed by atoms with Crippen LogP contribution in [0.1, 0.15) is 48.0 Å². The molecule has 2 N–H and O–H groups in total. The minimum absolute atomic E-state index is 0.384. The van der Waals surface area contributed by atoms with Gasteiger partial charge in [-0.1, -0.05) is 34.6 Å². The molecule has 0 aliphatic rings. The van der Waals surface area contributed by atoms with Gasteiger partial charge in [-0.25, -0.2) is 0 Å². The van der Waals surface area contributed by atoms with E-state index in [0.717, 1.165) is 18.3 Å². The Kier molecular flexibility index (Phi) is 9.92. The Bertz CT molecular complexity index is 59.3. The molecule has 0 aromatic carbocycles. The predicted molar refractivity (Wildman–Crippen MR) is 53.6 cm³/mol. The zero-order chi connectivity index (χ0) is 9.44. The maximum atomic E-state index is 5.29. The van der Waals surface area contributed by atoms with Gasteiger partial charge in [0, 0.05) is 6.04 Å². The molecule has 0 aliphatic carbocycles. The van der Waals surface area contributed by atoms with Crippen molar-refractivity contribution < 1.29 is 0 Å². The fourth-order valence-corrected chi connectivity index (χ4v) is 0. The van der Waals surface area contributed by atoms with Crippen LogP contribution in [0.3, 0.4) is 0 Å². The van der Waals surface area contributed by atoms with Crippen molar-refractivity contribution in [2.24, 2.45) is 17.6 Å². The molecule has 70 valence electrons. The second kappa shape index (κ2) is 8.06. The maximum Gasteiger partial charge on any atom is 0.000781 e. The normalized spacial score (nSPS) is 12.8. The Balaban J connectivity index is 0. The number of hydrogen-bond donors (Lipinski definition) is 1. The first kappa shape index (κ1) is 13.5. The molecule has 0 radical (unpaired) electrons. The standard InChI is InChI=1S/C6H14.C4H11N/c1-5(2)6(3)4;1-3-4(2)5/h5-6H,1-4H3;4H,3,5H2,1-2H3. The summed E-state index contributed by atoms with van der Waals surface area (Å²) in [6.45, 7) is 13.0. The third kappa shape index (κ3) is 17.8. The van der Waals surface area contributed by atoms with Crippen molar-refractivity contribution in [1.82, 2.24) is 0 Å². The van der Waals surface area contributed by atoms with Crippen LogP contribution in [0, 0.1) is 11.8 Å². The monoisotopic (exact) mass is 159 g/mol. The maximum absolute atomic E-state index is 5.29. The van der Waals surface area contributed by atoms with Crippen LogP contribution in [-0.2, 0) is 0 Å². The highest BCUT2D eigenvalue weighted by Crippen LogP contribution is 2.05. The summed E-state index contributed by atoms with van der Waals surface area (Å²) in [5.74, 6) is 1.70. The summed E-state index contributed by atoms with van der Waals surface area (Å²) in [6.07, 6.45) is 1.08. The molecular weight excluding hydrogens is 134 g/mol. The van der Waals surface area contributed by atoms with Crippen LogP contribution < -0.4 is 5.73 Å². The summed E-state index contributed by atoms with van der Waals surface area (Å²) >= 11 is 0. The topological polar surface area (TPSA) is 26.0 Å². The van der Waals surface area contributed by atoms with Crippen LogP contribution in [0.15, 0.2) is 0 Å². The van der Waals surface area contributed by atoms with E-state index in [1.54, 1.807) is 0 Å². The summed E-state index contributed by atoms with van der Waals surface area (Å²) < 4.78 is 0. The summed E-state index contributed by atoms with van der Waals surface area (Å²) in [7, 11) is 0. The highest BCUT2D eigenvalue weighted by atomic mass is 14.6. The lowest BCUT2D eigenvalue weighted by molar-refractivity contribution is 0.457. The minimum Gasteiger partial charge on any atom is -0.328 e. The van der Waals surface area contributed by atoms with Gasteiger partial charge in [0.1, 0.15) is 0 Å². The van der Waals surface area contributed by atoms with Crippen LogP contribution in [0.2, 0.25) is 0 Å². The average molecular weight is 159 g/mol. The second-order valence-electron chi connectivity index (χ2n) is 3.87. The lowest BCUT2D eigenvalue weighted by Gasteiger charge is -2.05. The van der Waals surface area contributed by atoms with Gasteiger partial charge in [-0.3, -0.25) is 0 Å². The average Bonchev–Trinajstić information content (AvgIpc) is 1.89. The van der Waals surface area contributed by atoms with Crippen molar-refractivity contribution in [2.45, 2.75) is 54.0 Å². The molecule has 0 amide bonds. The third-order valence-electron chi connectivity index (χ3n) is 1.98. The van der Waals surface area contributed by atoms with Crippen LogP contribution in [0.25, 0.3) is 0 Å². The van der Waals surface area contributed by atoms with E-state index in [-0.39, 0.29) is 0 Å². The Hall–Kier alpha value is -0.0400. The summed E-state index contributed by atoms with van der Waals surface area (Å²) in [5.41, 5.74) is 5.29. The second-order valence-corrected chi connectivity index (χ2v) is 3.87. The predicted octanol–water partition coefficient (Wildman–Crippen LogP) is 3.04. The molecule has 11 heavy (non-hydrogen) atoms. The smallest absolute Gasteiger partial charge is 0.000781 e. The molecule has 0 saturated carbocycles. The van der Waals surface area contributed by atoms with E-state index in [2.05, 4.69) is 34.6 Å². The zero-order valence-corrected chi connectivity index (χ0v) is 9.02. The van der Waals surface area contributed by atoms with Crippen molar-refractivity contribution in [3.8, 4) is 0 Å². The van der Waals surface area contributed by atoms with Crippen molar-refractivity contribution >= 4 is 0 Å². The summed E-state index contributed by atoms with van der Waals surface area (Å²) in [5, 5.41) is 0. The molecule has 0 bridgehead atoms. The van der Waals surface area contributed by atoms with Crippen LogP contribution in [0.4, 0.5) is 0 Å². The van der Waals surface area contributed by atoms with Gasteiger partial charge in [-0.05, 0) is 25.2 Å². The van der Waals surface area contributed by atoms with E-state index in [4.69, 9.17) is 5.73 Å². The van der Waals surface area contributed by atoms with E-state index in [1.165, 1.54) is 0 Å². The molecule has 1 atom stereocenters. The van der Waals surface area contributed by atoms with Gasteiger partial charge >= 0.3 is 0 Å². The van der Waals surface area contributed by atoms with Crippen LogP contribution in [0.5, 0.6) is 0 Å². The van der Waals surface area contributed by atoms with E-state index >= 15 is 0 Å². The first-order valence-electron chi connectivity index (χ1n) is 4.67. The first-order chi connectivity index (χ1) is 4.91. The van der Waals surface area contributed by atoms with Gasteiger partial charge in [0.05, 0.1) is 0 Å². The van der Waals surface area contributed by atoms with Gasteiger partial charge < -0.3 is 5.73 Å². The Morgan fingerprint density at radius 2 is 1.09 bits per heavy atom. The van der Waals surface area contributed by atoms with Crippen molar-refractivity contribution in [1.29, 1.82) is 0 Å². The van der Waals surface area contributed by atoms with E-state index in [1.807, 2.05) is 6.92 Å².